The Bertz CT molecular complexity index is 195. The monoisotopic (exact) mass is 260 g/mol. The summed E-state index contributed by atoms with van der Waals surface area (Å²) in [6, 6.07) is 0. The van der Waals surface area contributed by atoms with E-state index in [0.29, 0.717) is 0 Å². The predicted octanol–water partition coefficient (Wildman–Crippen LogP) is 4.96. The molecule has 0 bridgehead atoms. The van der Waals surface area contributed by atoms with Crippen LogP contribution >= 0.6 is 11.6 Å². The van der Waals surface area contributed by atoms with E-state index in [1.807, 2.05) is 6.92 Å². The van der Waals surface area contributed by atoms with Gasteiger partial charge in [0.05, 0.1) is 26.2 Å². The van der Waals surface area contributed by atoms with Crippen molar-refractivity contribution in [3.05, 3.63) is 11.1 Å². The predicted molar refractivity (Wildman–Crippen MR) is 79.4 cm³/mol. The second-order valence-corrected chi connectivity index (χ2v) is 5.60. The van der Waals surface area contributed by atoms with Crippen LogP contribution in [0.2, 0.25) is 0 Å². The van der Waals surface area contributed by atoms with Crippen LogP contribution < -0.4 is 0 Å². The van der Waals surface area contributed by atoms with E-state index < -0.39 is 0 Å². The van der Waals surface area contributed by atoms with Gasteiger partial charge in [0.25, 0.3) is 0 Å². The molecular formula is C15H31ClN+. The van der Waals surface area contributed by atoms with Crippen molar-refractivity contribution in [2.24, 2.45) is 0 Å². The van der Waals surface area contributed by atoms with Crippen LogP contribution in [0.5, 0.6) is 0 Å². The molecule has 0 aromatic carbocycles. The lowest BCUT2D eigenvalue weighted by Crippen LogP contribution is -2.48. The first-order chi connectivity index (χ1) is 8.10. The highest BCUT2D eigenvalue weighted by molar-refractivity contribution is 6.29. The lowest BCUT2D eigenvalue weighted by atomic mass is 10.1. The van der Waals surface area contributed by atoms with Gasteiger partial charge in [-0.25, -0.2) is 0 Å². The molecular weight excluding hydrogens is 230 g/mol. The largest absolute Gasteiger partial charge is 0.324 e. The molecule has 0 spiro atoms. The summed E-state index contributed by atoms with van der Waals surface area (Å²) in [6.45, 7) is 14.1. The zero-order chi connectivity index (χ0) is 13.1. The summed E-state index contributed by atoms with van der Waals surface area (Å²) in [4.78, 5) is 0. The van der Waals surface area contributed by atoms with E-state index >= 15 is 0 Å². The molecule has 0 amide bonds. The number of hydrogen-bond donors (Lipinski definition) is 0. The van der Waals surface area contributed by atoms with Gasteiger partial charge >= 0.3 is 0 Å². The highest BCUT2D eigenvalue weighted by atomic mass is 35.5. The molecule has 0 saturated carbocycles. The third-order valence-electron chi connectivity index (χ3n) is 4.02. The van der Waals surface area contributed by atoms with E-state index in [1.54, 1.807) is 0 Å². The van der Waals surface area contributed by atoms with E-state index in [0.717, 1.165) is 11.5 Å². The van der Waals surface area contributed by atoms with Crippen LogP contribution in [0.4, 0.5) is 0 Å². The van der Waals surface area contributed by atoms with Gasteiger partial charge in [-0.2, -0.15) is 0 Å². The Morgan fingerprint density at radius 2 is 1.47 bits per heavy atom. The minimum Gasteiger partial charge on any atom is -0.324 e. The van der Waals surface area contributed by atoms with Crippen LogP contribution in [0.15, 0.2) is 11.1 Å². The maximum Gasteiger partial charge on any atom is 0.0786 e. The quantitative estimate of drug-likeness (QED) is 0.385. The van der Waals surface area contributed by atoms with Crippen LogP contribution in [0.3, 0.4) is 0 Å². The number of rotatable bonds is 10. The molecule has 0 aromatic rings. The van der Waals surface area contributed by atoms with Crippen molar-refractivity contribution in [1.29, 1.82) is 0 Å². The molecule has 17 heavy (non-hydrogen) atoms. The lowest BCUT2D eigenvalue weighted by Gasteiger charge is -2.35. The van der Waals surface area contributed by atoms with E-state index in [1.165, 1.54) is 56.3 Å². The first-order valence-electron chi connectivity index (χ1n) is 7.27. The summed E-state index contributed by atoms with van der Waals surface area (Å²) < 4.78 is 1.29. The Labute approximate surface area is 113 Å². The van der Waals surface area contributed by atoms with Crippen molar-refractivity contribution in [3.8, 4) is 0 Å². The third kappa shape index (κ3) is 7.83. The topological polar surface area (TPSA) is 0 Å². The molecule has 0 aliphatic carbocycles. The van der Waals surface area contributed by atoms with E-state index in [9.17, 15) is 0 Å². The number of halogens is 1. The zero-order valence-electron chi connectivity index (χ0n) is 12.3. The second kappa shape index (κ2) is 9.96. The van der Waals surface area contributed by atoms with Crippen LogP contribution in [-0.4, -0.2) is 30.7 Å². The molecule has 2 heteroatoms. The molecule has 0 N–H and O–H groups in total. The van der Waals surface area contributed by atoms with Gasteiger partial charge in [-0.3, -0.25) is 0 Å². The molecule has 102 valence electrons. The Balaban J connectivity index is 3.59. The maximum atomic E-state index is 5.79. The molecule has 0 aliphatic heterocycles. The van der Waals surface area contributed by atoms with Gasteiger partial charge in [0, 0.05) is 5.03 Å². The molecule has 0 aliphatic rings. The molecule has 0 unspecified atom stereocenters. The molecule has 0 saturated heterocycles. The van der Waals surface area contributed by atoms with Gasteiger partial charge in [0.1, 0.15) is 0 Å². The molecule has 0 aromatic heterocycles. The fourth-order valence-electron chi connectivity index (χ4n) is 2.39. The van der Waals surface area contributed by atoms with E-state index in [4.69, 9.17) is 11.6 Å². The van der Waals surface area contributed by atoms with Crippen molar-refractivity contribution < 1.29 is 4.48 Å². The van der Waals surface area contributed by atoms with Crippen molar-refractivity contribution in [2.75, 3.05) is 26.2 Å². The molecule has 0 rings (SSSR count). The summed E-state index contributed by atoms with van der Waals surface area (Å²) in [5.74, 6) is 0. The molecule has 0 fully saturated rings. The molecule has 0 atom stereocenters. The lowest BCUT2D eigenvalue weighted by molar-refractivity contribution is -0.923. The van der Waals surface area contributed by atoms with E-state index in [-0.39, 0.29) is 0 Å². The number of quaternary nitrogens is 1. The van der Waals surface area contributed by atoms with Crippen molar-refractivity contribution in [1.82, 2.24) is 0 Å². The number of unbranched alkanes of at least 4 members (excludes halogenated alkanes) is 4. The van der Waals surface area contributed by atoms with Gasteiger partial charge < -0.3 is 4.48 Å². The SMILES string of the molecule is CC[N+](CC)(CC)CCCCCC/C=C(/C)Cl. The van der Waals surface area contributed by atoms with Crippen molar-refractivity contribution in [3.63, 3.8) is 0 Å². The van der Waals surface area contributed by atoms with Crippen LogP contribution in [-0.2, 0) is 0 Å². The standard InChI is InChI=1S/C15H31ClN/c1-5-17(6-2,7-3)14-12-10-8-9-11-13-15(4)16/h13H,5-12,14H2,1-4H3/q+1/b15-13-. The van der Waals surface area contributed by atoms with Crippen LogP contribution in [0, 0.1) is 0 Å². The van der Waals surface area contributed by atoms with Crippen LogP contribution in [0.25, 0.3) is 0 Å². The summed E-state index contributed by atoms with van der Waals surface area (Å²) in [6.07, 6.45) is 8.65. The Hall–Kier alpha value is -0.0100. The Morgan fingerprint density at radius 3 is 1.94 bits per heavy atom. The van der Waals surface area contributed by atoms with E-state index in [2.05, 4.69) is 26.8 Å². The first kappa shape index (κ1) is 17.0. The number of nitrogens with zero attached hydrogens (tertiary/aromatic N) is 1. The maximum absolute atomic E-state index is 5.79. The van der Waals surface area contributed by atoms with Gasteiger partial charge in [0.2, 0.25) is 0 Å². The Morgan fingerprint density at radius 1 is 0.941 bits per heavy atom. The molecule has 0 radical (unpaired) electrons. The van der Waals surface area contributed by atoms with Gasteiger partial charge in [-0.15, -0.1) is 0 Å². The van der Waals surface area contributed by atoms with Gasteiger partial charge in [-0.1, -0.05) is 24.1 Å². The van der Waals surface area contributed by atoms with Gasteiger partial charge in [0.15, 0.2) is 0 Å². The summed E-state index contributed by atoms with van der Waals surface area (Å²) in [5.41, 5.74) is 0. The third-order valence-corrected chi connectivity index (χ3v) is 4.18. The highest BCUT2D eigenvalue weighted by Gasteiger charge is 2.19. The normalized spacial score (nSPS) is 13.1. The zero-order valence-corrected chi connectivity index (χ0v) is 13.0. The highest BCUT2D eigenvalue weighted by Crippen LogP contribution is 2.12. The summed E-state index contributed by atoms with van der Waals surface area (Å²) >= 11 is 5.79. The van der Waals surface area contributed by atoms with Crippen molar-refractivity contribution in [2.45, 2.75) is 59.8 Å². The molecule has 1 nitrogen and oxygen atoms in total. The summed E-state index contributed by atoms with van der Waals surface area (Å²) in [7, 11) is 0. The van der Waals surface area contributed by atoms with Crippen LogP contribution in [0.1, 0.15) is 59.8 Å². The first-order valence-corrected chi connectivity index (χ1v) is 7.65. The van der Waals surface area contributed by atoms with Crippen molar-refractivity contribution >= 4 is 11.6 Å². The fourth-order valence-corrected chi connectivity index (χ4v) is 2.50. The molecule has 0 heterocycles. The minimum atomic E-state index is 0.934. The second-order valence-electron chi connectivity index (χ2n) is 5.01. The smallest absolute Gasteiger partial charge is 0.0786 e. The average Bonchev–Trinajstić information content (AvgIpc) is 2.33. The van der Waals surface area contributed by atoms with Gasteiger partial charge in [-0.05, 0) is 53.4 Å². The Kier molecular flexibility index (Phi) is 9.96. The minimum absolute atomic E-state index is 0.934. The number of allylic oxidation sites excluding steroid dienone is 2. The number of hydrogen-bond acceptors (Lipinski definition) is 0. The summed E-state index contributed by atoms with van der Waals surface area (Å²) in [5, 5.41) is 0.934. The fraction of sp³-hybridized carbons (Fsp3) is 0.867. The average molecular weight is 261 g/mol.